The fraction of sp³-hybridized carbons (Fsp3) is 0.462. The normalized spacial score (nSPS) is 13.2. The molecule has 1 unspecified atom stereocenters. The molecule has 0 radical (unpaired) electrons. The average Bonchev–Trinajstić information content (AvgIpc) is 2.13. The predicted octanol–water partition coefficient (Wildman–Crippen LogP) is 3.64. The molecular weight excluding hydrogens is 284 g/mol. The fourth-order valence-corrected chi connectivity index (χ4v) is 2.01. The molecule has 0 bridgehead atoms. The van der Waals surface area contributed by atoms with Crippen LogP contribution in [0, 0.1) is 12.3 Å². The van der Waals surface area contributed by atoms with Crippen LogP contribution in [0.5, 0.6) is 5.75 Å². The SMILES string of the molecule is Cc1ccc(OC(C(=O)O)C(C)(C)C)c(Br)c1. The van der Waals surface area contributed by atoms with E-state index in [1.807, 2.05) is 39.8 Å². The van der Waals surface area contributed by atoms with Gasteiger partial charge in [-0.3, -0.25) is 0 Å². The predicted molar refractivity (Wildman–Crippen MR) is 70.4 cm³/mol. The monoisotopic (exact) mass is 300 g/mol. The Morgan fingerprint density at radius 3 is 2.41 bits per heavy atom. The lowest BCUT2D eigenvalue weighted by atomic mass is 9.89. The Hall–Kier alpha value is -1.03. The van der Waals surface area contributed by atoms with Crippen LogP contribution in [0.15, 0.2) is 22.7 Å². The number of aryl methyl sites for hydroxylation is 1. The zero-order valence-electron chi connectivity index (χ0n) is 10.5. The summed E-state index contributed by atoms with van der Waals surface area (Å²) >= 11 is 3.37. The number of hydrogen-bond acceptors (Lipinski definition) is 2. The lowest BCUT2D eigenvalue weighted by Crippen LogP contribution is -2.39. The number of aliphatic carboxylic acids is 1. The molecule has 0 fully saturated rings. The molecule has 94 valence electrons. The lowest BCUT2D eigenvalue weighted by molar-refractivity contribution is -0.150. The standard InChI is InChI=1S/C13H17BrO3/c1-8-5-6-10(9(14)7-8)17-11(12(15)16)13(2,3)4/h5-7,11H,1-4H3,(H,15,16). The van der Waals surface area contributed by atoms with Crippen molar-refractivity contribution in [2.24, 2.45) is 5.41 Å². The van der Waals surface area contributed by atoms with Crippen LogP contribution in [0.3, 0.4) is 0 Å². The maximum Gasteiger partial charge on any atom is 0.345 e. The molecule has 0 aromatic heterocycles. The maximum absolute atomic E-state index is 11.2. The third-order valence-electron chi connectivity index (χ3n) is 2.34. The van der Waals surface area contributed by atoms with Crippen LogP contribution < -0.4 is 4.74 Å². The molecule has 1 atom stereocenters. The molecule has 0 saturated heterocycles. The van der Waals surface area contributed by atoms with Gasteiger partial charge in [0.2, 0.25) is 0 Å². The van der Waals surface area contributed by atoms with Crippen molar-refractivity contribution in [3.05, 3.63) is 28.2 Å². The van der Waals surface area contributed by atoms with Crippen molar-refractivity contribution in [2.75, 3.05) is 0 Å². The van der Waals surface area contributed by atoms with E-state index >= 15 is 0 Å². The molecule has 1 N–H and O–H groups in total. The number of carboxylic acid groups (broad SMARTS) is 1. The average molecular weight is 301 g/mol. The van der Waals surface area contributed by atoms with Gasteiger partial charge in [0.05, 0.1) is 4.47 Å². The number of carbonyl (C=O) groups is 1. The van der Waals surface area contributed by atoms with Gasteiger partial charge in [0.1, 0.15) is 5.75 Å². The first kappa shape index (κ1) is 14.0. The second kappa shape index (κ2) is 5.08. The minimum atomic E-state index is -0.954. The van der Waals surface area contributed by atoms with Gasteiger partial charge in [-0.05, 0) is 40.5 Å². The zero-order chi connectivity index (χ0) is 13.2. The highest BCUT2D eigenvalue weighted by atomic mass is 79.9. The van der Waals surface area contributed by atoms with E-state index < -0.39 is 17.5 Å². The van der Waals surface area contributed by atoms with E-state index in [1.54, 1.807) is 6.07 Å². The summed E-state index contributed by atoms with van der Waals surface area (Å²) in [5, 5.41) is 9.18. The Kier molecular flexibility index (Phi) is 4.20. The van der Waals surface area contributed by atoms with Gasteiger partial charge >= 0.3 is 5.97 Å². The fourth-order valence-electron chi connectivity index (χ4n) is 1.43. The number of carboxylic acids is 1. The minimum Gasteiger partial charge on any atom is -0.478 e. The second-order valence-corrected chi connectivity index (χ2v) is 5.99. The Labute approximate surface area is 110 Å². The van der Waals surface area contributed by atoms with Gasteiger partial charge in [0.15, 0.2) is 6.10 Å². The first-order valence-electron chi connectivity index (χ1n) is 5.37. The smallest absolute Gasteiger partial charge is 0.345 e. The molecule has 3 nitrogen and oxygen atoms in total. The van der Waals surface area contributed by atoms with Crippen LogP contribution >= 0.6 is 15.9 Å². The molecule has 0 aliphatic heterocycles. The number of ether oxygens (including phenoxy) is 1. The lowest BCUT2D eigenvalue weighted by Gasteiger charge is -2.28. The topological polar surface area (TPSA) is 46.5 Å². The first-order chi connectivity index (χ1) is 7.71. The van der Waals surface area contributed by atoms with Gasteiger partial charge in [-0.1, -0.05) is 26.8 Å². The summed E-state index contributed by atoms with van der Waals surface area (Å²) in [6.07, 6.45) is -0.874. The largest absolute Gasteiger partial charge is 0.478 e. The molecule has 0 amide bonds. The third-order valence-corrected chi connectivity index (χ3v) is 2.96. The van der Waals surface area contributed by atoms with E-state index in [0.717, 1.165) is 10.0 Å². The highest BCUT2D eigenvalue weighted by Crippen LogP contribution is 2.31. The van der Waals surface area contributed by atoms with Crippen molar-refractivity contribution in [3.8, 4) is 5.75 Å². The highest BCUT2D eigenvalue weighted by molar-refractivity contribution is 9.10. The summed E-state index contributed by atoms with van der Waals surface area (Å²) < 4.78 is 6.35. The van der Waals surface area contributed by atoms with Crippen molar-refractivity contribution in [2.45, 2.75) is 33.8 Å². The van der Waals surface area contributed by atoms with E-state index in [0.29, 0.717) is 5.75 Å². The van der Waals surface area contributed by atoms with Crippen molar-refractivity contribution in [3.63, 3.8) is 0 Å². The number of rotatable bonds is 3. The molecule has 0 spiro atoms. The first-order valence-corrected chi connectivity index (χ1v) is 6.16. The van der Waals surface area contributed by atoms with E-state index in [9.17, 15) is 9.90 Å². The van der Waals surface area contributed by atoms with Crippen LogP contribution in [0.4, 0.5) is 0 Å². The number of hydrogen-bond donors (Lipinski definition) is 1. The summed E-state index contributed by atoms with van der Waals surface area (Å²) in [7, 11) is 0. The van der Waals surface area contributed by atoms with E-state index in [2.05, 4.69) is 15.9 Å². The van der Waals surface area contributed by atoms with Gasteiger partial charge in [0.25, 0.3) is 0 Å². The highest BCUT2D eigenvalue weighted by Gasteiger charge is 2.33. The van der Waals surface area contributed by atoms with Crippen LogP contribution in [0.2, 0.25) is 0 Å². The van der Waals surface area contributed by atoms with E-state index in [4.69, 9.17) is 4.74 Å². The van der Waals surface area contributed by atoms with Crippen molar-refractivity contribution >= 4 is 21.9 Å². The third kappa shape index (κ3) is 3.73. The minimum absolute atomic E-state index is 0.462. The van der Waals surface area contributed by atoms with Gasteiger partial charge in [-0.15, -0.1) is 0 Å². The van der Waals surface area contributed by atoms with Gasteiger partial charge < -0.3 is 9.84 Å². The van der Waals surface area contributed by atoms with Crippen LogP contribution in [0.25, 0.3) is 0 Å². The molecule has 4 heteroatoms. The second-order valence-electron chi connectivity index (χ2n) is 5.14. The Balaban J connectivity index is 2.98. The molecule has 17 heavy (non-hydrogen) atoms. The maximum atomic E-state index is 11.2. The Morgan fingerprint density at radius 1 is 1.41 bits per heavy atom. The van der Waals surface area contributed by atoms with Crippen LogP contribution in [-0.2, 0) is 4.79 Å². The van der Waals surface area contributed by atoms with Crippen molar-refractivity contribution in [1.82, 2.24) is 0 Å². The van der Waals surface area contributed by atoms with Gasteiger partial charge in [-0.2, -0.15) is 0 Å². The van der Waals surface area contributed by atoms with Gasteiger partial charge in [-0.25, -0.2) is 4.79 Å². The molecule has 0 aliphatic carbocycles. The molecular formula is C13H17BrO3. The molecule has 1 aromatic carbocycles. The Morgan fingerprint density at radius 2 is 2.00 bits per heavy atom. The summed E-state index contributed by atoms with van der Waals surface area (Å²) in [5.41, 5.74) is 0.628. The summed E-state index contributed by atoms with van der Waals surface area (Å²) in [6, 6.07) is 5.57. The van der Waals surface area contributed by atoms with Crippen LogP contribution in [0.1, 0.15) is 26.3 Å². The van der Waals surface area contributed by atoms with Crippen molar-refractivity contribution < 1.29 is 14.6 Å². The van der Waals surface area contributed by atoms with Gasteiger partial charge in [0, 0.05) is 5.41 Å². The quantitative estimate of drug-likeness (QED) is 0.927. The Bertz CT molecular complexity index is 421. The molecule has 1 aromatic rings. The molecule has 0 aliphatic rings. The summed E-state index contributed by atoms with van der Waals surface area (Å²) in [4.78, 5) is 11.2. The van der Waals surface area contributed by atoms with Crippen LogP contribution in [-0.4, -0.2) is 17.2 Å². The molecule has 0 saturated carbocycles. The summed E-state index contributed by atoms with van der Waals surface area (Å²) in [6.45, 7) is 7.49. The number of halogens is 1. The van der Waals surface area contributed by atoms with E-state index in [-0.39, 0.29) is 0 Å². The number of benzene rings is 1. The van der Waals surface area contributed by atoms with Crippen molar-refractivity contribution in [1.29, 1.82) is 0 Å². The van der Waals surface area contributed by atoms with E-state index in [1.165, 1.54) is 0 Å². The summed E-state index contributed by atoms with van der Waals surface area (Å²) in [5.74, 6) is -0.400. The molecule has 1 rings (SSSR count). The zero-order valence-corrected chi connectivity index (χ0v) is 12.0. The molecule has 0 heterocycles.